The first kappa shape index (κ1) is 13.1. The number of methoxy groups -OCH3 is 1. The summed E-state index contributed by atoms with van der Waals surface area (Å²) in [7, 11) is 3.53. The van der Waals surface area contributed by atoms with Crippen LogP contribution in [0.25, 0.3) is 0 Å². The van der Waals surface area contributed by atoms with Gasteiger partial charge in [-0.15, -0.1) is 0 Å². The third-order valence-corrected chi connectivity index (χ3v) is 3.36. The Kier molecular flexibility index (Phi) is 4.33. The van der Waals surface area contributed by atoms with E-state index >= 15 is 0 Å². The molecule has 2 rings (SSSR count). The van der Waals surface area contributed by atoms with Gasteiger partial charge < -0.3 is 9.64 Å². The van der Waals surface area contributed by atoms with Crippen molar-refractivity contribution >= 4 is 5.97 Å². The second-order valence-electron chi connectivity index (χ2n) is 4.78. The van der Waals surface area contributed by atoms with E-state index in [1.807, 2.05) is 30.3 Å². The van der Waals surface area contributed by atoms with E-state index in [1.165, 1.54) is 7.11 Å². The van der Waals surface area contributed by atoms with E-state index in [0.29, 0.717) is 6.04 Å². The summed E-state index contributed by atoms with van der Waals surface area (Å²) in [5.41, 5.74) is 0.957. The quantitative estimate of drug-likeness (QED) is 0.813. The van der Waals surface area contributed by atoms with Crippen LogP contribution in [0, 0.1) is 0 Å². The van der Waals surface area contributed by atoms with Gasteiger partial charge in [0.15, 0.2) is 0 Å². The molecular weight excluding hydrogens is 228 g/mol. The Balaban J connectivity index is 2.09. The van der Waals surface area contributed by atoms with E-state index in [4.69, 9.17) is 4.74 Å². The highest BCUT2D eigenvalue weighted by molar-refractivity contribution is 5.77. The van der Waals surface area contributed by atoms with Crippen LogP contribution in [0.15, 0.2) is 30.3 Å². The van der Waals surface area contributed by atoms with Gasteiger partial charge in [0.1, 0.15) is 6.04 Å². The van der Waals surface area contributed by atoms with Gasteiger partial charge in [-0.2, -0.15) is 0 Å². The molecule has 0 aromatic heterocycles. The molecule has 0 aliphatic carbocycles. The molecule has 1 heterocycles. The second kappa shape index (κ2) is 5.98. The molecule has 0 saturated carbocycles. The number of benzene rings is 1. The average Bonchev–Trinajstić information content (AvgIpc) is 2.82. The van der Waals surface area contributed by atoms with Crippen LogP contribution in [-0.4, -0.2) is 44.2 Å². The van der Waals surface area contributed by atoms with Crippen LogP contribution in [0.2, 0.25) is 0 Å². The largest absolute Gasteiger partial charge is 0.468 e. The number of ether oxygens (including phenoxy) is 1. The number of carbonyl (C=O) groups is 1. The topological polar surface area (TPSA) is 41.6 Å². The summed E-state index contributed by atoms with van der Waals surface area (Å²) in [4.78, 5) is 14.1. The fourth-order valence-corrected chi connectivity index (χ4v) is 2.37. The predicted octanol–water partition coefficient (Wildman–Crippen LogP) is 1.19. The van der Waals surface area contributed by atoms with E-state index in [1.54, 1.807) is 0 Å². The minimum Gasteiger partial charge on any atom is -0.468 e. The van der Waals surface area contributed by atoms with E-state index < -0.39 is 0 Å². The molecule has 4 heteroatoms. The Morgan fingerprint density at radius 3 is 2.72 bits per heavy atom. The molecule has 1 fully saturated rings. The molecule has 0 bridgehead atoms. The summed E-state index contributed by atoms with van der Waals surface area (Å²) in [6, 6.07) is 9.70. The van der Waals surface area contributed by atoms with Gasteiger partial charge >= 0.3 is 5.97 Å². The minimum absolute atomic E-state index is 0.226. The number of rotatable bonds is 4. The summed E-state index contributed by atoms with van der Waals surface area (Å²) in [6.45, 7) is 2.04. The van der Waals surface area contributed by atoms with Crippen LogP contribution in [-0.2, 0) is 9.53 Å². The molecule has 1 aromatic carbocycles. The standard InChI is InChI=1S/C14H20N2O2/c1-16-9-8-12(10-16)15-13(14(17)18-2)11-6-4-3-5-7-11/h3-7,12-13,15H,8-10H2,1-2H3. The van der Waals surface area contributed by atoms with Crippen molar-refractivity contribution in [2.24, 2.45) is 0 Å². The molecule has 0 amide bonds. The molecular formula is C14H20N2O2. The van der Waals surface area contributed by atoms with Crippen LogP contribution in [0.1, 0.15) is 18.0 Å². The maximum absolute atomic E-state index is 11.9. The van der Waals surface area contributed by atoms with Crippen molar-refractivity contribution in [3.05, 3.63) is 35.9 Å². The average molecular weight is 248 g/mol. The van der Waals surface area contributed by atoms with Crippen molar-refractivity contribution in [2.75, 3.05) is 27.2 Å². The van der Waals surface area contributed by atoms with Crippen molar-refractivity contribution in [3.63, 3.8) is 0 Å². The fourth-order valence-electron chi connectivity index (χ4n) is 2.37. The highest BCUT2D eigenvalue weighted by Crippen LogP contribution is 2.17. The van der Waals surface area contributed by atoms with Crippen LogP contribution in [0.3, 0.4) is 0 Å². The summed E-state index contributed by atoms with van der Waals surface area (Å²) in [5, 5.41) is 3.40. The van der Waals surface area contributed by atoms with Gasteiger partial charge in [-0.3, -0.25) is 5.32 Å². The smallest absolute Gasteiger partial charge is 0.327 e. The Morgan fingerprint density at radius 2 is 2.17 bits per heavy atom. The van der Waals surface area contributed by atoms with Crippen LogP contribution in [0.5, 0.6) is 0 Å². The van der Waals surface area contributed by atoms with Gasteiger partial charge in [-0.25, -0.2) is 4.79 Å². The van der Waals surface area contributed by atoms with E-state index in [2.05, 4.69) is 17.3 Å². The first-order valence-corrected chi connectivity index (χ1v) is 6.28. The molecule has 2 unspecified atom stereocenters. The number of hydrogen-bond acceptors (Lipinski definition) is 4. The molecule has 1 saturated heterocycles. The summed E-state index contributed by atoms with van der Waals surface area (Å²) >= 11 is 0. The predicted molar refractivity (Wildman–Crippen MR) is 70.2 cm³/mol. The maximum Gasteiger partial charge on any atom is 0.327 e. The fraction of sp³-hybridized carbons (Fsp3) is 0.500. The van der Waals surface area contributed by atoms with Crippen molar-refractivity contribution < 1.29 is 9.53 Å². The maximum atomic E-state index is 11.9. The summed E-state index contributed by atoms with van der Waals surface area (Å²) < 4.78 is 4.89. The molecule has 1 aliphatic rings. The van der Waals surface area contributed by atoms with Crippen molar-refractivity contribution in [2.45, 2.75) is 18.5 Å². The first-order valence-electron chi connectivity index (χ1n) is 6.28. The molecule has 98 valence electrons. The first-order chi connectivity index (χ1) is 8.70. The van der Waals surface area contributed by atoms with Gasteiger partial charge in [0, 0.05) is 12.6 Å². The third-order valence-electron chi connectivity index (χ3n) is 3.36. The van der Waals surface area contributed by atoms with E-state index in [0.717, 1.165) is 25.1 Å². The normalized spacial score (nSPS) is 21.8. The molecule has 18 heavy (non-hydrogen) atoms. The zero-order valence-electron chi connectivity index (χ0n) is 10.9. The van der Waals surface area contributed by atoms with Crippen molar-refractivity contribution in [1.29, 1.82) is 0 Å². The lowest BCUT2D eigenvalue weighted by molar-refractivity contribution is -0.143. The molecule has 2 atom stereocenters. The molecule has 1 N–H and O–H groups in total. The highest BCUT2D eigenvalue weighted by Gasteiger charge is 2.27. The molecule has 1 aromatic rings. The Bertz CT molecular complexity index is 394. The van der Waals surface area contributed by atoms with Crippen LogP contribution >= 0.6 is 0 Å². The number of hydrogen-bond donors (Lipinski definition) is 1. The Morgan fingerprint density at radius 1 is 1.44 bits per heavy atom. The Labute approximate surface area is 108 Å². The zero-order valence-corrected chi connectivity index (χ0v) is 10.9. The monoisotopic (exact) mass is 248 g/mol. The van der Waals surface area contributed by atoms with Gasteiger partial charge in [0.2, 0.25) is 0 Å². The summed E-state index contributed by atoms with van der Waals surface area (Å²) in [6.07, 6.45) is 1.07. The second-order valence-corrected chi connectivity index (χ2v) is 4.78. The molecule has 0 radical (unpaired) electrons. The number of likely N-dealkylation sites (N-methyl/N-ethyl adjacent to an activating group) is 1. The zero-order chi connectivity index (χ0) is 13.0. The van der Waals surface area contributed by atoms with Gasteiger partial charge in [0.25, 0.3) is 0 Å². The van der Waals surface area contributed by atoms with Crippen LogP contribution < -0.4 is 5.32 Å². The number of likely N-dealkylation sites (tertiary alicyclic amines) is 1. The van der Waals surface area contributed by atoms with Crippen molar-refractivity contribution in [3.8, 4) is 0 Å². The molecule has 0 spiro atoms. The lowest BCUT2D eigenvalue weighted by Gasteiger charge is -2.21. The number of nitrogens with one attached hydrogen (secondary N) is 1. The minimum atomic E-state index is -0.368. The number of esters is 1. The third kappa shape index (κ3) is 3.09. The Hall–Kier alpha value is -1.39. The van der Waals surface area contributed by atoms with Gasteiger partial charge in [-0.1, -0.05) is 30.3 Å². The molecule has 1 aliphatic heterocycles. The number of carbonyl (C=O) groups excluding carboxylic acids is 1. The highest BCUT2D eigenvalue weighted by atomic mass is 16.5. The molecule has 4 nitrogen and oxygen atoms in total. The SMILES string of the molecule is COC(=O)C(NC1CCN(C)C1)c1ccccc1. The van der Waals surface area contributed by atoms with Gasteiger partial charge in [0.05, 0.1) is 7.11 Å². The summed E-state index contributed by atoms with van der Waals surface area (Å²) in [5.74, 6) is -0.226. The van der Waals surface area contributed by atoms with E-state index in [-0.39, 0.29) is 12.0 Å². The van der Waals surface area contributed by atoms with Crippen molar-refractivity contribution in [1.82, 2.24) is 10.2 Å². The number of nitrogens with zero attached hydrogens (tertiary/aromatic N) is 1. The van der Waals surface area contributed by atoms with E-state index in [9.17, 15) is 4.79 Å². The van der Waals surface area contributed by atoms with Gasteiger partial charge in [-0.05, 0) is 25.6 Å². The lowest BCUT2D eigenvalue weighted by Crippen LogP contribution is -2.39. The van der Waals surface area contributed by atoms with Crippen LogP contribution in [0.4, 0.5) is 0 Å². The lowest BCUT2D eigenvalue weighted by atomic mass is 10.1.